The second-order valence-corrected chi connectivity index (χ2v) is 9.38. The second kappa shape index (κ2) is 10.4. The van der Waals surface area contributed by atoms with Crippen LogP contribution in [-0.2, 0) is 4.74 Å². The standard InChI is InChI=1S/C29H32N2O3/c32-28(22-8-2-1-3-9-22)19-31-16-14-21(15-17-31)18-30-29(33)34-20-27-25-12-6-4-10-23(25)24-11-5-7-13-26(24)27/h1-13,21,27-28,32H,14-20H2,(H,30,33). The Hall–Kier alpha value is -3.15. The highest BCUT2D eigenvalue weighted by atomic mass is 16.5. The van der Waals surface area contributed by atoms with Gasteiger partial charge in [-0.15, -0.1) is 0 Å². The number of nitrogens with one attached hydrogen (secondary N) is 1. The van der Waals surface area contributed by atoms with E-state index in [0.29, 0.717) is 25.6 Å². The van der Waals surface area contributed by atoms with Crippen molar-refractivity contribution in [1.82, 2.24) is 10.2 Å². The van der Waals surface area contributed by atoms with Gasteiger partial charge in [-0.2, -0.15) is 0 Å². The van der Waals surface area contributed by atoms with Gasteiger partial charge < -0.3 is 20.1 Å². The van der Waals surface area contributed by atoms with Crippen LogP contribution < -0.4 is 5.32 Å². The molecule has 3 aromatic rings. The third-order valence-electron chi connectivity index (χ3n) is 7.20. The number of rotatable bonds is 7. The average Bonchev–Trinajstić information content (AvgIpc) is 3.21. The molecule has 5 heteroatoms. The normalized spacial score (nSPS) is 17.1. The number of nitrogens with zero attached hydrogens (tertiary/aromatic N) is 1. The summed E-state index contributed by atoms with van der Waals surface area (Å²) in [7, 11) is 0. The first kappa shape index (κ1) is 22.6. The van der Waals surface area contributed by atoms with Crippen LogP contribution >= 0.6 is 0 Å². The SMILES string of the molecule is O=C(NCC1CCN(CC(O)c2ccccc2)CC1)OCC1c2ccccc2-c2ccccc21. The van der Waals surface area contributed by atoms with Crippen molar-refractivity contribution in [3.05, 3.63) is 95.6 Å². The van der Waals surface area contributed by atoms with E-state index in [1.165, 1.54) is 22.3 Å². The van der Waals surface area contributed by atoms with Gasteiger partial charge in [-0.3, -0.25) is 0 Å². The lowest BCUT2D eigenvalue weighted by molar-refractivity contribution is 0.0881. The lowest BCUT2D eigenvalue weighted by Crippen LogP contribution is -2.40. The maximum absolute atomic E-state index is 12.5. The Labute approximate surface area is 201 Å². The van der Waals surface area contributed by atoms with Gasteiger partial charge in [-0.05, 0) is 59.7 Å². The Morgan fingerprint density at radius 1 is 0.912 bits per heavy atom. The predicted octanol–water partition coefficient (Wildman–Crippen LogP) is 4.97. The fraction of sp³-hybridized carbons (Fsp3) is 0.345. The van der Waals surface area contributed by atoms with Crippen LogP contribution in [0.25, 0.3) is 11.1 Å². The molecule has 0 radical (unpaired) electrons. The van der Waals surface area contributed by atoms with Gasteiger partial charge in [0.2, 0.25) is 0 Å². The monoisotopic (exact) mass is 456 g/mol. The molecule has 176 valence electrons. The van der Waals surface area contributed by atoms with Gasteiger partial charge in [0, 0.05) is 19.0 Å². The van der Waals surface area contributed by atoms with Crippen molar-refractivity contribution >= 4 is 6.09 Å². The summed E-state index contributed by atoms with van der Waals surface area (Å²) in [5, 5.41) is 13.4. The molecule has 0 aromatic heterocycles. The fourth-order valence-electron chi connectivity index (χ4n) is 5.28. The molecule has 1 aliphatic carbocycles. The number of carbonyl (C=O) groups is 1. The fourth-order valence-corrected chi connectivity index (χ4v) is 5.28. The quantitative estimate of drug-likeness (QED) is 0.527. The van der Waals surface area contributed by atoms with Crippen LogP contribution in [0.3, 0.4) is 0 Å². The molecule has 1 amide bonds. The summed E-state index contributed by atoms with van der Waals surface area (Å²) in [6.45, 7) is 3.49. The predicted molar refractivity (Wildman–Crippen MR) is 134 cm³/mol. The molecule has 5 rings (SSSR count). The minimum Gasteiger partial charge on any atom is -0.449 e. The first-order chi connectivity index (χ1) is 16.7. The van der Waals surface area contributed by atoms with Crippen LogP contribution in [0, 0.1) is 5.92 Å². The number of piperidine rings is 1. The molecular formula is C29H32N2O3. The Balaban J connectivity index is 1.06. The third kappa shape index (κ3) is 5.01. The van der Waals surface area contributed by atoms with E-state index in [4.69, 9.17) is 4.74 Å². The third-order valence-corrected chi connectivity index (χ3v) is 7.20. The first-order valence-corrected chi connectivity index (χ1v) is 12.2. The number of aliphatic hydroxyl groups excluding tert-OH is 1. The zero-order chi connectivity index (χ0) is 23.3. The summed E-state index contributed by atoms with van der Waals surface area (Å²) in [5.41, 5.74) is 5.87. The second-order valence-electron chi connectivity index (χ2n) is 9.38. The van der Waals surface area contributed by atoms with E-state index in [0.717, 1.165) is 31.5 Å². The van der Waals surface area contributed by atoms with E-state index in [1.807, 2.05) is 42.5 Å². The van der Waals surface area contributed by atoms with Crippen LogP contribution in [0.5, 0.6) is 0 Å². The molecule has 1 fully saturated rings. The summed E-state index contributed by atoms with van der Waals surface area (Å²) in [6.07, 6.45) is 1.21. The molecule has 2 N–H and O–H groups in total. The molecule has 0 bridgehead atoms. The maximum Gasteiger partial charge on any atom is 0.407 e. The molecule has 0 spiro atoms. The molecule has 1 saturated heterocycles. The minimum absolute atomic E-state index is 0.0810. The average molecular weight is 457 g/mol. The number of amides is 1. The van der Waals surface area contributed by atoms with Crippen molar-refractivity contribution in [3.63, 3.8) is 0 Å². The molecule has 0 saturated carbocycles. The highest BCUT2D eigenvalue weighted by molar-refractivity contribution is 5.79. The summed E-state index contributed by atoms with van der Waals surface area (Å²) < 4.78 is 5.66. The molecule has 5 nitrogen and oxygen atoms in total. The molecule has 2 aliphatic rings. The highest BCUT2D eigenvalue weighted by Gasteiger charge is 2.29. The van der Waals surface area contributed by atoms with E-state index in [1.54, 1.807) is 0 Å². The number of hydrogen-bond donors (Lipinski definition) is 2. The number of ether oxygens (including phenoxy) is 1. The van der Waals surface area contributed by atoms with Crippen molar-refractivity contribution < 1.29 is 14.6 Å². The van der Waals surface area contributed by atoms with Crippen molar-refractivity contribution in [2.75, 3.05) is 32.8 Å². The van der Waals surface area contributed by atoms with Gasteiger partial charge in [-0.1, -0.05) is 78.9 Å². The Kier molecular flexibility index (Phi) is 6.93. The smallest absolute Gasteiger partial charge is 0.407 e. The number of fused-ring (bicyclic) bond motifs is 3. The lowest BCUT2D eigenvalue weighted by Gasteiger charge is -2.33. The van der Waals surface area contributed by atoms with Gasteiger partial charge in [0.15, 0.2) is 0 Å². The largest absolute Gasteiger partial charge is 0.449 e. The van der Waals surface area contributed by atoms with Gasteiger partial charge in [0.1, 0.15) is 6.61 Å². The van der Waals surface area contributed by atoms with Crippen LogP contribution in [-0.4, -0.2) is 48.9 Å². The van der Waals surface area contributed by atoms with Crippen LogP contribution in [0.4, 0.5) is 4.79 Å². The van der Waals surface area contributed by atoms with Crippen molar-refractivity contribution in [2.24, 2.45) is 5.92 Å². The van der Waals surface area contributed by atoms with E-state index in [-0.39, 0.29) is 12.0 Å². The number of carbonyl (C=O) groups excluding carboxylic acids is 1. The summed E-state index contributed by atoms with van der Waals surface area (Å²) >= 11 is 0. The minimum atomic E-state index is -0.461. The maximum atomic E-state index is 12.5. The molecule has 3 aromatic carbocycles. The van der Waals surface area contributed by atoms with E-state index in [9.17, 15) is 9.90 Å². The van der Waals surface area contributed by atoms with Crippen LogP contribution in [0.1, 0.15) is 41.6 Å². The van der Waals surface area contributed by atoms with Gasteiger partial charge in [0.05, 0.1) is 6.10 Å². The number of alkyl carbamates (subject to hydrolysis) is 1. The first-order valence-electron chi connectivity index (χ1n) is 12.2. The number of hydrogen-bond acceptors (Lipinski definition) is 4. The topological polar surface area (TPSA) is 61.8 Å². The Morgan fingerprint density at radius 3 is 2.15 bits per heavy atom. The Bertz CT molecular complexity index is 1060. The molecule has 1 unspecified atom stereocenters. The van der Waals surface area contributed by atoms with Crippen molar-refractivity contribution in [2.45, 2.75) is 24.9 Å². The number of likely N-dealkylation sites (tertiary alicyclic amines) is 1. The van der Waals surface area contributed by atoms with E-state index >= 15 is 0 Å². The summed E-state index contributed by atoms with van der Waals surface area (Å²) in [4.78, 5) is 14.8. The van der Waals surface area contributed by atoms with Crippen molar-refractivity contribution in [1.29, 1.82) is 0 Å². The van der Waals surface area contributed by atoms with Crippen molar-refractivity contribution in [3.8, 4) is 11.1 Å². The molecule has 1 aliphatic heterocycles. The van der Waals surface area contributed by atoms with Gasteiger partial charge in [0.25, 0.3) is 0 Å². The number of aliphatic hydroxyl groups is 1. The molecule has 1 heterocycles. The number of benzene rings is 3. The summed E-state index contributed by atoms with van der Waals surface area (Å²) in [5.74, 6) is 0.517. The van der Waals surface area contributed by atoms with Crippen LogP contribution in [0.15, 0.2) is 78.9 Å². The molecule has 34 heavy (non-hydrogen) atoms. The lowest BCUT2D eigenvalue weighted by atomic mass is 9.96. The van der Waals surface area contributed by atoms with Crippen LogP contribution in [0.2, 0.25) is 0 Å². The highest BCUT2D eigenvalue weighted by Crippen LogP contribution is 2.44. The zero-order valence-corrected chi connectivity index (χ0v) is 19.4. The van der Waals surface area contributed by atoms with Gasteiger partial charge >= 0.3 is 6.09 Å². The zero-order valence-electron chi connectivity index (χ0n) is 19.4. The molecular weight excluding hydrogens is 424 g/mol. The molecule has 1 atom stereocenters. The van der Waals surface area contributed by atoms with E-state index in [2.05, 4.69) is 46.6 Å². The Morgan fingerprint density at radius 2 is 1.50 bits per heavy atom. The van der Waals surface area contributed by atoms with Gasteiger partial charge in [-0.25, -0.2) is 4.79 Å². The van der Waals surface area contributed by atoms with E-state index < -0.39 is 6.10 Å². The summed E-state index contributed by atoms with van der Waals surface area (Å²) in [6, 6.07) is 26.5. The number of β-amino-alcohol motifs (C(OH)–C–C–N with tert-alkyl or cyclic N) is 1.